The standard InChI is InChI=1S/C12H14FNO2/c1-16-11-3-2-8(13)6-10(11)12(15)7-4-9(14)5-7/h2-3,6-7,9H,4-5,14H2,1H3. The number of ketones is 1. The Morgan fingerprint density at radius 2 is 2.19 bits per heavy atom. The van der Waals surface area contributed by atoms with Gasteiger partial charge >= 0.3 is 0 Å². The molecule has 2 rings (SSSR count). The first-order valence-corrected chi connectivity index (χ1v) is 5.25. The van der Waals surface area contributed by atoms with Crippen LogP contribution in [-0.2, 0) is 0 Å². The summed E-state index contributed by atoms with van der Waals surface area (Å²) in [6.45, 7) is 0. The molecule has 0 aliphatic heterocycles. The Morgan fingerprint density at radius 1 is 1.50 bits per heavy atom. The molecule has 86 valence electrons. The largest absolute Gasteiger partial charge is 0.496 e. The lowest BCUT2D eigenvalue weighted by Gasteiger charge is -2.31. The highest BCUT2D eigenvalue weighted by Gasteiger charge is 2.33. The molecule has 1 aliphatic rings. The van der Waals surface area contributed by atoms with Crippen LogP contribution in [0.2, 0.25) is 0 Å². The van der Waals surface area contributed by atoms with Gasteiger partial charge in [0.15, 0.2) is 5.78 Å². The van der Waals surface area contributed by atoms with Gasteiger partial charge in [-0.15, -0.1) is 0 Å². The van der Waals surface area contributed by atoms with Crippen LogP contribution in [0, 0.1) is 11.7 Å². The van der Waals surface area contributed by atoms with E-state index in [-0.39, 0.29) is 17.7 Å². The minimum absolute atomic E-state index is 0.0712. The third-order valence-electron chi connectivity index (χ3n) is 2.97. The molecule has 0 radical (unpaired) electrons. The highest BCUT2D eigenvalue weighted by molar-refractivity contribution is 6.00. The molecule has 0 bridgehead atoms. The molecule has 1 fully saturated rings. The third kappa shape index (κ3) is 1.93. The fourth-order valence-corrected chi connectivity index (χ4v) is 1.97. The van der Waals surface area contributed by atoms with E-state index in [2.05, 4.69) is 0 Å². The van der Waals surface area contributed by atoms with Crippen LogP contribution in [0.5, 0.6) is 5.75 Å². The van der Waals surface area contributed by atoms with Crippen molar-refractivity contribution in [1.29, 1.82) is 0 Å². The zero-order chi connectivity index (χ0) is 11.7. The summed E-state index contributed by atoms with van der Waals surface area (Å²) in [6.07, 6.45) is 1.36. The van der Waals surface area contributed by atoms with Crippen LogP contribution >= 0.6 is 0 Å². The quantitative estimate of drug-likeness (QED) is 0.794. The minimum atomic E-state index is -0.423. The number of benzene rings is 1. The lowest BCUT2D eigenvalue weighted by molar-refractivity contribution is 0.0829. The van der Waals surface area contributed by atoms with Gasteiger partial charge < -0.3 is 10.5 Å². The maximum atomic E-state index is 13.1. The zero-order valence-electron chi connectivity index (χ0n) is 9.07. The maximum Gasteiger partial charge on any atom is 0.169 e. The molecule has 1 aliphatic carbocycles. The van der Waals surface area contributed by atoms with Gasteiger partial charge in [-0.2, -0.15) is 0 Å². The van der Waals surface area contributed by atoms with Crippen LogP contribution in [-0.4, -0.2) is 18.9 Å². The first kappa shape index (κ1) is 11.1. The van der Waals surface area contributed by atoms with Crippen LogP contribution in [0.1, 0.15) is 23.2 Å². The van der Waals surface area contributed by atoms with Crippen molar-refractivity contribution in [1.82, 2.24) is 0 Å². The Labute approximate surface area is 93.4 Å². The van der Waals surface area contributed by atoms with E-state index in [1.54, 1.807) is 0 Å². The summed E-state index contributed by atoms with van der Waals surface area (Å²) < 4.78 is 18.1. The number of halogens is 1. The van der Waals surface area contributed by atoms with E-state index < -0.39 is 5.82 Å². The van der Waals surface area contributed by atoms with E-state index in [4.69, 9.17) is 10.5 Å². The Morgan fingerprint density at radius 3 is 2.75 bits per heavy atom. The van der Waals surface area contributed by atoms with E-state index in [0.29, 0.717) is 24.2 Å². The second-order valence-corrected chi connectivity index (χ2v) is 4.14. The predicted molar refractivity (Wildman–Crippen MR) is 58.0 cm³/mol. The number of methoxy groups -OCH3 is 1. The molecule has 1 saturated carbocycles. The summed E-state index contributed by atoms with van der Waals surface area (Å²) in [5.41, 5.74) is 5.95. The van der Waals surface area contributed by atoms with Gasteiger partial charge in [-0.05, 0) is 31.0 Å². The van der Waals surface area contributed by atoms with Crippen molar-refractivity contribution in [2.24, 2.45) is 11.7 Å². The van der Waals surface area contributed by atoms with Crippen LogP contribution in [0.15, 0.2) is 18.2 Å². The molecule has 1 aromatic rings. The van der Waals surface area contributed by atoms with Crippen molar-refractivity contribution < 1.29 is 13.9 Å². The fraction of sp³-hybridized carbons (Fsp3) is 0.417. The van der Waals surface area contributed by atoms with E-state index in [1.807, 2.05) is 0 Å². The molecule has 16 heavy (non-hydrogen) atoms. The van der Waals surface area contributed by atoms with Crippen LogP contribution in [0.4, 0.5) is 4.39 Å². The Bertz CT molecular complexity index is 413. The van der Waals surface area contributed by atoms with Gasteiger partial charge in [-0.3, -0.25) is 4.79 Å². The molecule has 0 unspecified atom stereocenters. The first-order valence-electron chi connectivity index (χ1n) is 5.25. The molecular weight excluding hydrogens is 209 g/mol. The van der Waals surface area contributed by atoms with E-state index in [0.717, 1.165) is 0 Å². The highest BCUT2D eigenvalue weighted by atomic mass is 19.1. The van der Waals surface area contributed by atoms with Crippen molar-refractivity contribution in [3.8, 4) is 5.75 Å². The molecule has 0 spiro atoms. The monoisotopic (exact) mass is 223 g/mol. The summed E-state index contributed by atoms with van der Waals surface area (Å²) in [4.78, 5) is 12.0. The fourth-order valence-electron chi connectivity index (χ4n) is 1.97. The van der Waals surface area contributed by atoms with Gasteiger partial charge in [0.1, 0.15) is 11.6 Å². The van der Waals surface area contributed by atoms with E-state index in [9.17, 15) is 9.18 Å². The second kappa shape index (κ2) is 4.22. The minimum Gasteiger partial charge on any atom is -0.496 e. The summed E-state index contributed by atoms with van der Waals surface area (Å²) in [7, 11) is 1.47. The van der Waals surface area contributed by atoms with Crippen molar-refractivity contribution >= 4 is 5.78 Å². The van der Waals surface area contributed by atoms with Crippen molar-refractivity contribution in [2.75, 3.05) is 7.11 Å². The number of carbonyl (C=O) groups excluding carboxylic acids is 1. The lowest BCUT2D eigenvalue weighted by atomic mass is 9.76. The summed E-state index contributed by atoms with van der Waals surface area (Å²) in [5, 5.41) is 0. The average Bonchev–Trinajstić information content (AvgIpc) is 2.24. The SMILES string of the molecule is COc1ccc(F)cc1C(=O)C1CC(N)C1. The molecule has 1 aromatic carbocycles. The van der Waals surface area contributed by atoms with Gasteiger partial charge in [0.05, 0.1) is 12.7 Å². The van der Waals surface area contributed by atoms with Crippen molar-refractivity contribution in [3.05, 3.63) is 29.6 Å². The number of carbonyl (C=O) groups is 1. The number of nitrogens with two attached hydrogens (primary N) is 1. The van der Waals surface area contributed by atoms with Crippen molar-refractivity contribution in [2.45, 2.75) is 18.9 Å². The van der Waals surface area contributed by atoms with E-state index >= 15 is 0 Å². The molecule has 0 atom stereocenters. The van der Waals surface area contributed by atoms with Gasteiger partial charge in [0.25, 0.3) is 0 Å². The van der Waals surface area contributed by atoms with E-state index in [1.165, 1.54) is 25.3 Å². The molecule has 2 N–H and O–H groups in total. The third-order valence-corrected chi connectivity index (χ3v) is 2.97. The zero-order valence-corrected chi connectivity index (χ0v) is 9.07. The van der Waals surface area contributed by atoms with Gasteiger partial charge in [0, 0.05) is 12.0 Å². The highest BCUT2D eigenvalue weighted by Crippen LogP contribution is 2.32. The number of hydrogen-bond donors (Lipinski definition) is 1. The Kier molecular flexibility index (Phi) is 2.92. The second-order valence-electron chi connectivity index (χ2n) is 4.14. The first-order chi connectivity index (χ1) is 7.61. The number of rotatable bonds is 3. The number of ether oxygens (including phenoxy) is 1. The molecule has 4 heteroatoms. The number of Topliss-reactive ketones (excluding diaryl/α,β-unsaturated/α-hetero) is 1. The van der Waals surface area contributed by atoms with Gasteiger partial charge in [-0.1, -0.05) is 0 Å². The van der Waals surface area contributed by atoms with Crippen LogP contribution in [0.3, 0.4) is 0 Å². The number of hydrogen-bond acceptors (Lipinski definition) is 3. The Hall–Kier alpha value is -1.42. The molecule has 0 amide bonds. The lowest BCUT2D eigenvalue weighted by Crippen LogP contribution is -2.40. The summed E-state index contributed by atoms with van der Waals surface area (Å²) in [6, 6.07) is 4.09. The molecule has 0 aromatic heterocycles. The average molecular weight is 223 g/mol. The summed E-state index contributed by atoms with van der Waals surface area (Å²) >= 11 is 0. The Balaban J connectivity index is 2.24. The maximum absolute atomic E-state index is 13.1. The van der Waals surface area contributed by atoms with Gasteiger partial charge in [-0.25, -0.2) is 4.39 Å². The smallest absolute Gasteiger partial charge is 0.169 e. The molecule has 0 saturated heterocycles. The molecular formula is C12H14FNO2. The summed E-state index contributed by atoms with van der Waals surface area (Å²) in [5.74, 6) is -0.150. The van der Waals surface area contributed by atoms with Gasteiger partial charge in [0.2, 0.25) is 0 Å². The predicted octanol–water partition coefficient (Wildman–Crippen LogP) is 1.75. The molecule has 3 nitrogen and oxygen atoms in total. The van der Waals surface area contributed by atoms with Crippen LogP contribution < -0.4 is 10.5 Å². The topological polar surface area (TPSA) is 52.3 Å². The molecule has 0 heterocycles. The van der Waals surface area contributed by atoms with Crippen LogP contribution in [0.25, 0.3) is 0 Å². The normalized spacial score (nSPS) is 23.7. The van der Waals surface area contributed by atoms with Crippen molar-refractivity contribution in [3.63, 3.8) is 0 Å².